The van der Waals surface area contributed by atoms with Crippen LogP contribution in [0.2, 0.25) is 0 Å². The lowest BCUT2D eigenvalue weighted by atomic mass is 9.76. The van der Waals surface area contributed by atoms with E-state index >= 15 is 0 Å². The van der Waals surface area contributed by atoms with E-state index in [1.165, 1.54) is 0 Å². The van der Waals surface area contributed by atoms with E-state index in [1.54, 1.807) is 4.68 Å². The number of nitrogens with one attached hydrogen (secondary N) is 1. The molecule has 2 rings (SSSR count). The van der Waals surface area contributed by atoms with Gasteiger partial charge in [0.1, 0.15) is 0 Å². The average Bonchev–Trinajstić information content (AvgIpc) is 2.85. The van der Waals surface area contributed by atoms with Gasteiger partial charge in [0.15, 0.2) is 0 Å². The summed E-state index contributed by atoms with van der Waals surface area (Å²) in [6.07, 6.45) is 3.59. The van der Waals surface area contributed by atoms with Crippen molar-refractivity contribution >= 4 is 0 Å². The van der Waals surface area contributed by atoms with Crippen molar-refractivity contribution in [2.75, 3.05) is 7.05 Å². The molecule has 1 aliphatic rings. The van der Waals surface area contributed by atoms with Crippen LogP contribution >= 0.6 is 0 Å². The van der Waals surface area contributed by atoms with Crippen LogP contribution in [0.3, 0.4) is 0 Å². The van der Waals surface area contributed by atoms with Crippen LogP contribution in [0.5, 0.6) is 0 Å². The van der Waals surface area contributed by atoms with Crippen molar-refractivity contribution in [3.63, 3.8) is 0 Å². The highest BCUT2D eigenvalue weighted by Gasteiger charge is 2.43. The van der Waals surface area contributed by atoms with Crippen LogP contribution in [0.1, 0.15) is 37.7 Å². The number of nitrogens with zero attached hydrogens (tertiary/aromatic N) is 2. The highest BCUT2D eigenvalue weighted by molar-refractivity contribution is 5.04. The molecule has 120 valence electrons. The predicted octanol–water partition coefficient (Wildman–Crippen LogP) is 3.31. The molecule has 0 amide bonds. The molecule has 0 saturated heterocycles. The van der Waals surface area contributed by atoms with Gasteiger partial charge < -0.3 is 5.32 Å². The maximum absolute atomic E-state index is 12.9. The van der Waals surface area contributed by atoms with Crippen LogP contribution < -0.4 is 5.32 Å². The summed E-state index contributed by atoms with van der Waals surface area (Å²) in [6.45, 7) is 0. The molecule has 1 fully saturated rings. The fraction of sp³-hybridized carbons (Fsp3) is 0.800. The Morgan fingerprint density at radius 3 is 2.76 bits per heavy atom. The van der Waals surface area contributed by atoms with Crippen molar-refractivity contribution in [1.82, 2.24) is 15.1 Å². The maximum Gasteiger partial charge on any atom is 0.391 e. The molecule has 1 heterocycles. The minimum Gasteiger partial charge on any atom is -0.317 e. The van der Waals surface area contributed by atoms with E-state index in [-0.39, 0.29) is 18.4 Å². The Balaban J connectivity index is 1.90. The molecule has 3 atom stereocenters. The lowest BCUT2D eigenvalue weighted by molar-refractivity contribution is -0.186. The smallest absolute Gasteiger partial charge is 0.317 e. The van der Waals surface area contributed by atoms with Gasteiger partial charge in [-0.2, -0.15) is 18.3 Å². The summed E-state index contributed by atoms with van der Waals surface area (Å²) in [7, 11) is 3.72. The number of rotatable bonds is 5. The van der Waals surface area contributed by atoms with Gasteiger partial charge in [-0.25, -0.2) is 0 Å². The van der Waals surface area contributed by atoms with Gasteiger partial charge in [0.25, 0.3) is 0 Å². The summed E-state index contributed by atoms with van der Waals surface area (Å²) in [5.74, 6) is -1.00. The number of aromatic nitrogens is 2. The van der Waals surface area contributed by atoms with Gasteiger partial charge in [0.05, 0.1) is 12.1 Å². The van der Waals surface area contributed by atoms with Crippen molar-refractivity contribution in [2.45, 2.75) is 50.7 Å². The third kappa shape index (κ3) is 4.46. The van der Waals surface area contributed by atoms with Crippen LogP contribution in [-0.4, -0.2) is 29.0 Å². The summed E-state index contributed by atoms with van der Waals surface area (Å²) >= 11 is 0. The van der Waals surface area contributed by atoms with E-state index in [0.717, 1.165) is 24.8 Å². The Kier molecular flexibility index (Phi) is 5.30. The molecule has 0 radical (unpaired) electrons. The van der Waals surface area contributed by atoms with Crippen molar-refractivity contribution < 1.29 is 13.2 Å². The van der Waals surface area contributed by atoms with Crippen LogP contribution in [0.4, 0.5) is 13.2 Å². The van der Waals surface area contributed by atoms with E-state index in [4.69, 9.17) is 0 Å². The van der Waals surface area contributed by atoms with Crippen molar-refractivity contribution in [3.05, 3.63) is 18.0 Å². The van der Waals surface area contributed by atoms with E-state index in [0.29, 0.717) is 12.8 Å². The monoisotopic (exact) mass is 303 g/mol. The quantitative estimate of drug-likeness (QED) is 0.904. The molecule has 1 aliphatic carbocycles. The minimum absolute atomic E-state index is 0.118. The number of halogens is 3. The molecular formula is C15H24F3N3. The lowest BCUT2D eigenvalue weighted by Gasteiger charge is -2.35. The summed E-state index contributed by atoms with van der Waals surface area (Å²) in [5.41, 5.74) is 1.14. The first-order valence-electron chi connectivity index (χ1n) is 7.61. The molecule has 1 saturated carbocycles. The molecule has 6 heteroatoms. The number of hydrogen-bond acceptors (Lipinski definition) is 2. The molecule has 0 aromatic carbocycles. The zero-order valence-corrected chi connectivity index (χ0v) is 12.7. The first kappa shape index (κ1) is 16.3. The van der Waals surface area contributed by atoms with Crippen LogP contribution in [0.15, 0.2) is 12.4 Å². The Morgan fingerprint density at radius 1 is 1.43 bits per heavy atom. The second-order valence-corrected chi connectivity index (χ2v) is 6.12. The summed E-state index contributed by atoms with van der Waals surface area (Å²) in [6, 6.07) is 0.148. The normalized spacial score (nSPS) is 25.0. The van der Waals surface area contributed by atoms with Crippen molar-refractivity contribution in [2.24, 2.45) is 18.9 Å². The van der Waals surface area contributed by atoms with Gasteiger partial charge in [-0.15, -0.1) is 0 Å². The van der Waals surface area contributed by atoms with Crippen LogP contribution in [0, 0.1) is 11.8 Å². The molecule has 0 spiro atoms. The van der Waals surface area contributed by atoms with E-state index in [2.05, 4.69) is 10.4 Å². The second kappa shape index (κ2) is 6.81. The highest BCUT2D eigenvalue weighted by Crippen LogP contribution is 2.41. The maximum atomic E-state index is 12.9. The lowest BCUT2D eigenvalue weighted by Crippen LogP contribution is -2.39. The van der Waals surface area contributed by atoms with Gasteiger partial charge in [0.2, 0.25) is 0 Å². The van der Waals surface area contributed by atoms with Gasteiger partial charge in [-0.3, -0.25) is 4.68 Å². The topological polar surface area (TPSA) is 29.9 Å². The standard InChI is InChI=1S/C15H24F3N3/c1-19-14(7-6-11-9-20-21(2)10-11)12-4-3-5-13(8-12)15(16,17)18/h9-10,12-14,19H,3-8H2,1-2H3. The number of alkyl halides is 3. The Labute approximate surface area is 123 Å². The molecule has 1 aromatic heterocycles. The third-order valence-corrected chi connectivity index (χ3v) is 4.62. The van der Waals surface area contributed by atoms with Crippen LogP contribution in [0.25, 0.3) is 0 Å². The fourth-order valence-electron chi connectivity index (χ4n) is 3.43. The highest BCUT2D eigenvalue weighted by atomic mass is 19.4. The largest absolute Gasteiger partial charge is 0.391 e. The molecule has 3 nitrogen and oxygen atoms in total. The summed E-state index contributed by atoms with van der Waals surface area (Å²) < 4.78 is 40.5. The van der Waals surface area contributed by atoms with Crippen molar-refractivity contribution in [1.29, 1.82) is 0 Å². The first-order valence-corrected chi connectivity index (χ1v) is 7.61. The summed E-state index contributed by atoms with van der Waals surface area (Å²) in [5, 5.41) is 7.35. The van der Waals surface area contributed by atoms with E-state index in [9.17, 15) is 13.2 Å². The Morgan fingerprint density at radius 2 is 2.19 bits per heavy atom. The minimum atomic E-state index is -4.04. The zero-order chi connectivity index (χ0) is 15.5. The fourth-order valence-corrected chi connectivity index (χ4v) is 3.43. The molecular weight excluding hydrogens is 279 g/mol. The average molecular weight is 303 g/mol. The third-order valence-electron chi connectivity index (χ3n) is 4.62. The molecule has 1 aromatic rings. The van der Waals surface area contributed by atoms with E-state index < -0.39 is 12.1 Å². The number of hydrogen-bond donors (Lipinski definition) is 1. The molecule has 21 heavy (non-hydrogen) atoms. The van der Waals surface area contributed by atoms with Crippen molar-refractivity contribution in [3.8, 4) is 0 Å². The van der Waals surface area contributed by atoms with E-state index in [1.807, 2.05) is 26.5 Å². The summed E-state index contributed by atoms with van der Waals surface area (Å²) in [4.78, 5) is 0. The number of aryl methyl sites for hydroxylation is 2. The van der Waals surface area contributed by atoms with Gasteiger partial charge in [-0.05, 0) is 50.6 Å². The predicted molar refractivity (Wildman–Crippen MR) is 75.9 cm³/mol. The van der Waals surface area contributed by atoms with Crippen LogP contribution in [-0.2, 0) is 13.5 Å². The van der Waals surface area contributed by atoms with Gasteiger partial charge in [0, 0.05) is 19.3 Å². The molecule has 0 aliphatic heterocycles. The molecule has 1 N–H and O–H groups in total. The Bertz CT molecular complexity index is 442. The molecule has 0 bridgehead atoms. The SMILES string of the molecule is CNC(CCc1cnn(C)c1)C1CCCC(C(F)(F)F)C1. The second-order valence-electron chi connectivity index (χ2n) is 6.12. The van der Waals surface area contributed by atoms with Gasteiger partial charge in [-0.1, -0.05) is 6.42 Å². The zero-order valence-electron chi connectivity index (χ0n) is 12.7. The Hall–Kier alpha value is -1.04. The molecule has 3 unspecified atom stereocenters. The van der Waals surface area contributed by atoms with Gasteiger partial charge >= 0.3 is 6.18 Å². The first-order chi connectivity index (χ1) is 9.90.